The fourth-order valence-electron chi connectivity index (χ4n) is 4.63. The van der Waals surface area contributed by atoms with Crippen LogP contribution in [0.5, 0.6) is 5.75 Å². The molecule has 30 heavy (non-hydrogen) atoms. The van der Waals surface area contributed by atoms with Crippen LogP contribution in [0.25, 0.3) is 5.57 Å². The summed E-state index contributed by atoms with van der Waals surface area (Å²) in [6.07, 6.45) is 3.74. The molecule has 0 bridgehead atoms. The number of hydrogen-bond acceptors (Lipinski definition) is 6. The molecule has 2 fully saturated rings. The molecule has 1 atom stereocenters. The van der Waals surface area contributed by atoms with Gasteiger partial charge in [-0.15, -0.1) is 0 Å². The molecular weight excluding hydrogens is 382 g/mol. The Morgan fingerprint density at radius 2 is 1.80 bits per heavy atom. The van der Waals surface area contributed by atoms with Crippen molar-refractivity contribution < 1.29 is 19.1 Å². The van der Waals surface area contributed by atoms with Crippen LogP contribution >= 0.6 is 0 Å². The largest absolute Gasteiger partial charge is 0.497 e. The molecule has 0 N–H and O–H groups in total. The number of ether oxygens (including phenoxy) is 2. The molecule has 7 heteroatoms. The Bertz CT molecular complexity index is 821. The molecule has 2 saturated heterocycles. The summed E-state index contributed by atoms with van der Waals surface area (Å²) >= 11 is 0. The minimum atomic E-state index is -0.226. The van der Waals surface area contributed by atoms with Crippen molar-refractivity contribution in [1.82, 2.24) is 14.7 Å². The van der Waals surface area contributed by atoms with Gasteiger partial charge in [-0.1, -0.05) is 12.1 Å². The first kappa shape index (κ1) is 20.9. The zero-order valence-electron chi connectivity index (χ0n) is 18.1. The van der Waals surface area contributed by atoms with Crippen molar-refractivity contribution in [2.24, 2.45) is 0 Å². The van der Waals surface area contributed by atoms with Gasteiger partial charge in [0.15, 0.2) is 0 Å². The summed E-state index contributed by atoms with van der Waals surface area (Å²) < 4.78 is 11.0. The summed E-state index contributed by atoms with van der Waals surface area (Å²) in [6.45, 7) is 2.99. The van der Waals surface area contributed by atoms with Crippen molar-refractivity contribution in [2.75, 3.05) is 47.4 Å². The first-order chi connectivity index (χ1) is 14.5. The topological polar surface area (TPSA) is 62.3 Å². The molecular formula is C23H31N3O4. The van der Waals surface area contributed by atoms with Gasteiger partial charge in [0.05, 0.1) is 25.3 Å². The number of carbonyl (C=O) groups is 2. The van der Waals surface area contributed by atoms with Gasteiger partial charge in [0, 0.05) is 19.7 Å². The van der Waals surface area contributed by atoms with E-state index < -0.39 is 0 Å². The number of imide groups is 1. The molecule has 3 aliphatic rings. The van der Waals surface area contributed by atoms with Crippen LogP contribution in [0, 0.1) is 0 Å². The molecule has 162 valence electrons. The second kappa shape index (κ2) is 8.78. The maximum Gasteiger partial charge on any atom is 0.277 e. The highest BCUT2D eigenvalue weighted by molar-refractivity contribution is 6.35. The van der Waals surface area contributed by atoms with Gasteiger partial charge in [-0.2, -0.15) is 0 Å². The highest BCUT2D eigenvalue weighted by Crippen LogP contribution is 2.34. The Morgan fingerprint density at radius 1 is 1.10 bits per heavy atom. The number of carbonyl (C=O) groups excluding carboxylic acids is 2. The summed E-state index contributed by atoms with van der Waals surface area (Å²) in [5, 5.41) is 0. The summed E-state index contributed by atoms with van der Waals surface area (Å²) in [7, 11) is 5.68. The van der Waals surface area contributed by atoms with Crippen molar-refractivity contribution in [3.63, 3.8) is 0 Å². The fourth-order valence-corrected chi connectivity index (χ4v) is 4.63. The van der Waals surface area contributed by atoms with Crippen molar-refractivity contribution in [2.45, 2.75) is 37.8 Å². The van der Waals surface area contributed by atoms with Gasteiger partial charge in [-0.05, 0) is 63.5 Å². The van der Waals surface area contributed by atoms with Gasteiger partial charge in [-0.25, -0.2) is 0 Å². The lowest BCUT2D eigenvalue weighted by atomic mass is 10.00. The predicted molar refractivity (Wildman–Crippen MR) is 114 cm³/mol. The maximum atomic E-state index is 13.5. The molecule has 1 aromatic rings. The Balaban J connectivity index is 1.67. The van der Waals surface area contributed by atoms with Gasteiger partial charge in [0.25, 0.3) is 11.8 Å². The van der Waals surface area contributed by atoms with Crippen LogP contribution in [-0.4, -0.2) is 86.1 Å². The molecule has 0 radical (unpaired) electrons. The Hall–Kier alpha value is -2.38. The normalized spacial score (nSPS) is 23.6. The van der Waals surface area contributed by atoms with E-state index in [1.165, 1.54) is 4.90 Å². The highest BCUT2D eigenvalue weighted by Gasteiger charge is 2.43. The predicted octanol–water partition coefficient (Wildman–Crippen LogP) is 1.98. The quantitative estimate of drug-likeness (QED) is 0.665. The molecule has 0 aliphatic carbocycles. The van der Waals surface area contributed by atoms with Gasteiger partial charge in [0.2, 0.25) is 0 Å². The van der Waals surface area contributed by atoms with E-state index >= 15 is 0 Å². The molecule has 3 heterocycles. The average Bonchev–Trinajstić information content (AvgIpc) is 3.36. The standard InChI is InChI=1S/C23H31N3O4/c1-24-12-10-17(11-13-24)25(2)21-20(16-6-8-18(29-3)9-7-16)22(27)26(23(21)28)15-19-5-4-14-30-19/h6-9,17,19H,4-5,10-15H2,1-3H3. The third-order valence-electron chi connectivity index (χ3n) is 6.52. The highest BCUT2D eigenvalue weighted by atomic mass is 16.5. The fraction of sp³-hybridized carbons (Fsp3) is 0.565. The smallest absolute Gasteiger partial charge is 0.277 e. The van der Waals surface area contributed by atoms with Crippen LogP contribution in [0.4, 0.5) is 0 Å². The number of benzene rings is 1. The molecule has 1 unspecified atom stereocenters. The minimum Gasteiger partial charge on any atom is -0.497 e. The summed E-state index contributed by atoms with van der Waals surface area (Å²) in [6, 6.07) is 7.62. The van der Waals surface area contributed by atoms with E-state index in [0.29, 0.717) is 24.4 Å². The van der Waals surface area contributed by atoms with E-state index in [9.17, 15) is 9.59 Å². The molecule has 3 aliphatic heterocycles. The van der Waals surface area contributed by atoms with E-state index in [1.807, 2.05) is 36.2 Å². The van der Waals surface area contributed by atoms with Crippen LogP contribution in [0.15, 0.2) is 30.0 Å². The lowest BCUT2D eigenvalue weighted by Gasteiger charge is -2.36. The zero-order valence-corrected chi connectivity index (χ0v) is 18.1. The van der Waals surface area contributed by atoms with Crippen LogP contribution < -0.4 is 4.74 Å². The van der Waals surface area contributed by atoms with E-state index in [-0.39, 0.29) is 24.0 Å². The van der Waals surface area contributed by atoms with Crippen LogP contribution in [0.1, 0.15) is 31.2 Å². The SMILES string of the molecule is COc1ccc(C2=C(N(C)C3CCN(C)CC3)C(=O)N(CC3CCCO3)C2=O)cc1. The maximum absolute atomic E-state index is 13.5. The Labute approximate surface area is 178 Å². The molecule has 4 rings (SSSR count). The minimum absolute atomic E-state index is 0.0667. The number of amides is 2. The van der Waals surface area contributed by atoms with Gasteiger partial charge in [-0.3, -0.25) is 14.5 Å². The number of likely N-dealkylation sites (tertiary alicyclic amines) is 1. The molecule has 0 aromatic heterocycles. The number of hydrogen-bond donors (Lipinski definition) is 0. The molecule has 7 nitrogen and oxygen atoms in total. The summed E-state index contributed by atoms with van der Waals surface area (Å²) in [5.41, 5.74) is 1.75. The van der Waals surface area contributed by atoms with Crippen molar-refractivity contribution in [3.05, 3.63) is 35.5 Å². The summed E-state index contributed by atoms with van der Waals surface area (Å²) in [5.74, 6) is 0.288. The number of piperidine rings is 1. The molecule has 0 saturated carbocycles. The molecule has 0 spiro atoms. The second-order valence-electron chi connectivity index (χ2n) is 8.45. The third-order valence-corrected chi connectivity index (χ3v) is 6.52. The number of rotatable bonds is 6. The van der Waals surface area contributed by atoms with Gasteiger partial charge < -0.3 is 19.3 Å². The molecule has 1 aromatic carbocycles. The van der Waals surface area contributed by atoms with E-state index in [1.54, 1.807) is 7.11 Å². The van der Waals surface area contributed by atoms with E-state index in [0.717, 1.165) is 50.1 Å². The van der Waals surface area contributed by atoms with Crippen molar-refractivity contribution in [1.29, 1.82) is 0 Å². The van der Waals surface area contributed by atoms with Crippen LogP contribution in [-0.2, 0) is 14.3 Å². The van der Waals surface area contributed by atoms with Crippen molar-refractivity contribution in [3.8, 4) is 5.75 Å². The Kier molecular flexibility index (Phi) is 6.11. The van der Waals surface area contributed by atoms with Crippen LogP contribution in [0.3, 0.4) is 0 Å². The monoisotopic (exact) mass is 413 g/mol. The van der Waals surface area contributed by atoms with E-state index in [2.05, 4.69) is 11.9 Å². The van der Waals surface area contributed by atoms with E-state index in [4.69, 9.17) is 9.47 Å². The lowest BCUT2D eigenvalue weighted by Crippen LogP contribution is -2.44. The number of likely N-dealkylation sites (N-methyl/N-ethyl adjacent to an activating group) is 1. The van der Waals surface area contributed by atoms with Gasteiger partial charge >= 0.3 is 0 Å². The second-order valence-corrected chi connectivity index (χ2v) is 8.45. The first-order valence-corrected chi connectivity index (χ1v) is 10.8. The third kappa shape index (κ3) is 3.96. The van der Waals surface area contributed by atoms with Gasteiger partial charge in [0.1, 0.15) is 11.4 Å². The number of methoxy groups -OCH3 is 1. The molecule has 2 amide bonds. The summed E-state index contributed by atoms with van der Waals surface area (Å²) in [4.78, 5) is 32.6. The average molecular weight is 414 g/mol. The van der Waals surface area contributed by atoms with Crippen LogP contribution in [0.2, 0.25) is 0 Å². The number of nitrogens with zero attached hydrogens (tertiary/aromatic N) is 3. The van der Waals surface area contributed by atoms with Crippen molar-refractivity contribution >= 4 is 17.4 Å². The lowest BCUT2D eigenvalue weighted by molar-refractivity contribution is -0.139. The Morgan fingerprint density at radius 3 is 2.40 bits per heavy atom. The first-order valence-electron chi connectivity index (χ1n) is 10.8. The zero-order chi connectivity index (χ0) is 21.3.